The van der Waals surface area contributed by atoms with Crippen molar-refractivity contribution < 1.29 is 23.9 Å². The number of amides is 2. The van der Waals surface area contributed by atoms with Crippen LogP contribution in [-0.2, 0) is 25.7 Å². The Morgan fingerprint density at radius 1 is 1.11 bits per heavy atom. The van der Waals surface area contributed by atoms with E-state index in [2.05, 4.69) is 15.5 Å². The number of likely N-dealkylation sites (N-methyl/N-ethyl adjacent to an activating group) is 1. The molecule has 1 aromatic carbocycles. The molecule has 38 heavy (non-hydrogen) atoms. The highest BCUT2D eigenvalue weighted by molar-refractivity contribution is 5.85. The van der Waals surface area contributed by atoms with Crippen LogP contribution in [0.15, 0.2) is 48.5 Å². The Bertz CT molecular complexity index is 1240. The maximum absolute atomic E-state index is 12.8. The third-order valence-corrected chi connectivity index (χ3v) is 5.63. The second-order valence-electron chi connectivity index (χ2n) is 9.52. The zero-order chi connectivity index (χ0) is 27.2. The molecule has 3 aromatic rings. The molecule has 0 saturated carbocycles. The van der Waals surface area contributed by atoms with E-state index in [-0.39, 0.29) is 45.0 Å². The molecular weight excluding hydrogens is 488 g/mol. The van der Waals surface area contributed by atoms with Crippen LogP contribution in [0.5, 0.6) is 0 Å². The predicted molar refractivity (Wildman–Crippen MR) is 143 cm³/mol. The molecule has 2 atom stereocenters. The average molecular weight is 527 g/mol. The van der Waals surface area contributed by atoms with Gasteiger partial charge in [0.05, 0.1) is 30.5 Å². The van der Waals surface area contributed by atoms with Crippen molar-refractivity contribution in [1.29, 1.82) is 0 Å². The van der Waals surface area contributed by atoms with E-state index in [4.69, 9.17) is 15.2 Å². The molecule has 1 unspecified atom stereocenters. The van der Waals surface area contributed by atoms with Gasteiger partial charge in [-0.1, -0.05) is 43.8 Å². The second kappa shape index (κ2) is 13.1. The van der Waals surface area contributed by atoms with Crippen LogP contribution in [-0.4, -0.2) is 63.0 Å². The van der Waals surface area contributed by atoms with Gasteiger partial charge in [0.25, 0.3) is 0 Å². The fourth-order valence-corrected chi connectivity index (χ4v) is 3.60. The highest BCUT2D eigenvalue weighted by atomic mass is 16.6. The first-order chi connectivity index (χ1) is 17.5. The summed E-state index contributed by atoms with van der Waals surface area (Å²) < 4.78 is 13.2. The normalized spacial score (nSPS) is 12.8. The van der Waals surface area contributed by atoms with E-state index < -0.39 is 17.7 Å². The maximum atomic E-state index is 12.8. The van der Waals surface area contributed by atoms with E-state index in [0.29, 0.717) is 17.2 Å². The Morgan fingerprint density at radius 3 is 2.42 bits per heavy atom. The minimum Gasteiger partial charge on any atom is -0.443 e. The molecule has 3 rings (SSSR count). The highest BCUT2D eigenvalue weighted by Crippen LogP contribution is 2.22. The zero-order valence-corrected chi connectivity index (χ0v) is 21.8. The fourth-order valence-electron chi connectivity index (χ4n) is 3.60. The van der Waals surface area contributed by atoms with E-state index in [1.807, 2.05) is 37.3 Å². The van der Waals surface area contributed by atoms with Gasteiger partial charge in [0.15, 0.2) is 11.5 Å². The molecule has 0 fully saturated rings. The van der Waals surface area contributed by atoms with E-state index in [9.17, 15) is 14.4 Å². The van der Waals surface area contributed by atoms with Gasteiger partial charge in [-0.25, -0.2) is 4.79 Å². The third-order valence-electron chi connectivity index (χ3n) is 5.63. The lowest BCUT2D eigenvalue weighted by Gasteiger charge is -2.25. The summed E-state index contributed by atoms with van der Waals surface area (Å²) in [4.78, 5) is 37.7. The molecule has 2 heterocycles. The van der Waals surface area contributed by atoms with Gasteiger partial charge in [-0.2, -0.15) is 0 Å². The summed E-state index contributed by atoms with van der Waals surface area (Å²) in [6.45, 7) is 6.47. The van der Waals surface area contributed by atoms with Crippen LogP contribution in [0, 0.1) is 0 Å². The number of pyridine rings is 1. The van der Waals surface area contributed by atoms with E-state index in [1.54, 1.807) is 36.4 Å². The zero-order valence-electron chi connectivity index (χ0n) is 21.8. The lowest BCUT2D eigenvalue weighted by atomic mass is 10.1. The van der Waals surface area contributed by atoms with Crippen molar-refractivity contribution >= 4 is 23.4 Å². The second-order valence-corrected chi connectivity index (χ2v) is 9.52. The van der Waals surface area contributed by atoms with Crippen LogP contribution in [0.2, 0.25) is 0 Å². The molecule has 206 valence electrons. The Balaban J connectivity index is 0.00000507. The van der Waals surface area contributed by atoms with Crippen LogP contribution >= 0.6 is 0 Å². The summed E-state index contributed by atoms with van der Waals surface area (Å²) in [5.41, 5.74) is 6.96. The topological polar surface area (TPSA) is 141 Å². The summed E-state index contributed by atoms with van der Waals surface area (Å²) in [6, 6.07) is 14.3. The molecule has 0 aliphatic rings. The number of aromatic nitrogens is 3. The Kier molecular flexibility index (Phi) is 10.5. The monoisotopic (exact) mass is 526 g/mol. The molecule has 0 radical (unpaired) electrons. The average Bonchev–Trinajstić information content (AvgIpc) is 3.29. The first-order valence-electron chi connectivity index (χ1n) is 11.9. The van der Waals surface area contributed by atoms with Gasteiger partial charge < -0.3 is 25.4 Å². The first-order valence-corrected chi connectivity index (χ1v) is 11.9. The molecular formula is C27H38N6O5. The van der Waals surface area contributed by atoms with Gasteiger partial charge in [-0.05, 0) is 45.4 Å². The number of ketones is 1. The fraction of sp³-hybridized carbons (Fsp3) is 0.444. The number of Topliss-reactive ketones (excluding diaryl/α,β-unsaturated/α-hetero) is 1. The van der Waals surface area contributed by atoms with Crippen LogP contribution in [0.4, 0.5) is 4.79 Å². The Hall–Kier alpha value is -3.83. The molecule has 0 spiro atoms. The smallest absolute Gasteiger partial charge is 0.410 e. The van der Waals surface area contributed by atoms with Crippen molar-refractivity contribution in [3.8, 4) is 0 Å². The summed E-state index contributed by atoms with van der Waals surface area (Å²) in [7, 11) is 1.49. The quantitative estimate of drug-likeness (QED) is 0.388. The molecule has 2 aromatic heterocycles. The van der Waals surface area contributed by atoms with Crippen LogP contribution in [0.3, 0.4) is 0 Å². The molecule has 3 N–H and O–H groups in total. The number of fused-ring (bicyclic) bond motifs is 1. The summed E-state index contributed by atoms with van der Waals surface area (Å²) in [5, 5.41) is 11.5. The number of carbonyl (C=O) groups is 3. The summed E-state index contributed by atoms with van der Waals surface area (Å²) in [5.74, 6) is -0.148. The molecule has 0 aliphatic carbocycles. The number of carbonyl (C=O) groups excluding carboxylic acids is 3. The Morgan fingerprint density at radius 2 is 1.79 bits per heavy atom. The maximum Gasteiger partial charge on any atom is 0.410 e. The van der Waals surface area contributed by atoms with Gasteiger partial charge in [-0.3, -0.25) is 14.0 Å². The van der Waals surface area contributed by atoms with Crippen molar-refractivity contribution in [2.24, 2.45) is 5.73 Å². The lowest BCUT2D eigenvalue weighted by Crippen LogP contribution is -2.51. The van der Waals surface area contributed by atoms with Gasteiger partial charge in [0.2, 0.25) is 5.91 Å². The number of ether oxygens (including phenoxy) is 2. The number of rotatable bonds is 11. The van der Waals surface area contributed by atoms with Crippen molar-refractivity contribution in [1.82, 2.24) is 24.8 Å². The highest BCUT2D eigenvalue weighted by Gasteiger charge is 2.29. The standard InChI is InChI=1S/C26H34N6O5.CH4/c1-17(33)14-31(5)25(35)37-15-20-12-9-13-22-29-30-23(32(20)22)21(28-24(34)26(3,4)27)16-36-18(2)19-10-7-6-8-11-19;/h6-13,18,21H,14-16,27H2,1-5H3,(H,28,34);1H4/t18-,21?;/m0./s1. The number of benzene rings is 1. The SMILES string of the molecule is C.CC(=O)CN(C)C(=O)OCc1cccc2nnc(C(CO[C@@H](C)c3ccccc3)NC(=O)C(C)(C)N)n12. The van der Waals surface area contributed by atoms with Crippen molar-refractivity contribution in [2.75, 3.05) is 20.2 Å². The molecule has 11 heteroatoms. The third kappa shape index (κ3) is 7.83. The van der Waals surface area contributed by atoms with Crippen LogP contribution in [0.1, 0.15) is 64.3 Å². The van der Waals surface area contributed by atoms with Crippen molar-refractivity contribution in [3.63, 3.8) is 0 Å². The molecule has 0 aliphatic heterocycles. The van der Waals surface area contributed by atoms with Gasteiger partial charge in [0.1, 0.15) is 18.4 Å². The Labute approximate surface area is 223 Å². The number of hydrogen-bond acceptors (Lipinski definition) is 8. The van der Waals surface area contributed by atoms with E-state index in [1.165, 1.54) is 18.9 Å². The number of nitrogens with two attached hydrogens (primary N) is 1. The van der Waals surface area contributed by atoms with Gasteiger partial charge in [0, 0.05) is 7.05 Å². The molecule has 2 amide bonds. The van der Waals surface area contributed by atoms with E-state index >= 15 is 0 Å². The van der Waals surface area contributed by atoms with E-state index in [0.717, 1.165) is 5.56 Å². The number of hydrogen-bond donors (Lipinski definition) is 2. The molecule has 0 saturated heterocycles. The predicted octanol–water partition coefficient (Wildman–Crippen LogP) is 3.20. The van der Waals surface area contributed by atoms with Crippen molar-refractivity contribution in [2.45, 2.75) is 59.4 Å². The van der Waals surface area contributed by atoms with Gasteiger partial charge in [-0.15, -0.1) is 10.2 Å². The summed E-state index contributed by atoms with van der Waals surface area (Å²) >= 11 is 0. The van der Waals surface area contributed by atoms with Crippen molar-refractivity contribution in [3.05, 3.63) is 65.6 Å². The molecule has 0 bridgehead atoms. The molecule has 11 nitrogen and oxygen atoms in total. The minimum atomic E-state index is -1.14. The summed E-state index contributed by atoms with van der Waals surface area (Å²) in [6.07, 6.45) is -0.889. The van der Waals surface area contributed by atoms with Gasteiger partial charge >= 0.3 is 6.09 Å². The van der Waals surface area contributed by atoms with Crippen LogP contribution < -0.4 is 11.1 Å². The minimum absolute atomic E-state index is 0. The van der Waals surface area contributed by atoms with Crippen LogP contribution in [0.25, 0.3) is 5.65 Å². The lowest BCUT2D eigenvalue weighted by molar-refractivity contribution is -0.126. The number of nitrogens with one attached hydrogen (secondary N) is 1. The number of nitrogens with zero attached hydrogens (tertiary/aromatic N) is 4. The first kappa shape index (κ1) is 30.4. The largest absolute Gasteiger partial charge is 0.443 e.